The van der Waals surface area contributed by atoms with Gasteiger partial charge in [0.15, 0.2) is 0 Å². The molecule has 1 aromatic heterocycles. The van der Waals surface area contributed by atoms with Crippen LogP contribution in [0, 0.1) is 0 Å². The maximum atomic E-state index is 12.1. The molecule has 6 heteroatoms. The van der Waals surface area contributed by atoms with Crippen LogP contribution in [0.3, 0.4) is 0 Å². The molecule has 2 rings (SSSR count). The zero-order valence-electron chi connectivity index (χ0n) is 15.1. The first-order valence-electron chi connectivity index (χ1n) is 8.51. The van der Waals surface area contributed by atoms with E-state index in [4.69, 9.17) is 4.74 Å². The normalized spacial score (nSPS) is 16.7. The predicted molar refractivity (Wildman–Crippen MR) is 90.3 cm³/mol. The molecule has 0 spiro atoms. The quantitative estimate of drug-likeness (QED) is 0.925. The smallest absolute Gasteiger partial charge is 0.410 e. The number of ether oxygens (including phenoxy) is 1. The van der Waals surface area contributed by atoms with Gasteiger partial charge in [0.05, 0.1) is 5.69 Å². The average Bonchev–Trinajstić information content (AvgIpc) is 2.84. The van der Waals surface area contributed by atoms with Crippen molar-refractivity contribution in [2.45, 2.75) is 65.1 Å². The highest BCUT2D eigenvalue weighted by atomic mass is 16.6. The third kappa shape index (κ3) is 5.23. The van der Waals surface area contributed by atoms with Crippen LogP contribution in [0.25, 0.3) is 0 Å². The Labute approximate surface area is 139 Å². The summed E-state index contributed by atoms with van der Waals surface area (Å²) >= 11 is 0. The second-order valence-corrected chi connectivity index (χ2v) is 7.25. The molecule has 1 saturated heterocycles. The number of likely N-dealkylation sites (tertiary alicyclic amines) is 1. The fourth-order valence-corrected chi connectivity index (χ4v) is 2.88. The number of hydrogen-bond donors (Lipinski definition) is 1. The van der Waals surface area contributed by atoms with E-state index in [1.807, 2.05) is 37.4 Å². The summed E-state index contributed by atoms with van der Waals surface area (Å²) in [4.78, 5) is 13.9. The lowest BCUT2D eigenvalue weighted by Gasteiger charge is -2.33. The Hall–Kier alpha value is -1.56. The Kier molecular flexibility index (Phi) is 5.68. The summed E-state index contributed by atoms with van der Waals surface area (Å²) in [7, 11) is 1.96. The van der Waals surface area contributed by atoms with Crippen LogP contribution in [-0.2, 0) is 24.8 Å². The van der Waals surface area contributed by atoms with Crippen LogP contribution in [-0.4, -0.2) is 45.5 Å². The summed E-state index contributed by atoms with van der Waals surface area (Å²) in [6, 6.07) is 0.443. The molecule has 2 heterocycles. The van der Waals surface area contributed by atoms with Crippen molar-refractivity contribution in [3.63, 3.8) is 0 Å². The molecule has 1 aliphatic heterocycles. The molecule has 0 bridgehead atoms. The number of rotatable bonds is 4. The minimum Gasteiger partial charge on any atom is -0.444 e. The van der Waals surface area contributed by atoms with Crippen molar-refractivity contribution in [1.29, 1.82) is 0 Å². The Morgan fingerprint density at radius 3 is 2.61 bits per heavy atom. The molecule has 0 saturated carbocycles. The molecular weight excluding hydrogens is 292 g/mol. The molecule has 1 amide bonds. The van der Waals surface area contributed by atoms with Crippen LogP contribution in [0.4, 0.5) is 4.79 Å². The number of nitrogens with one attached hydrogen (secondary N) is 1. The number of nitrogens with zero attached hydrogens (tertiary/aromatic N) is 3. The van der Waals surface area contributed by atoms with Gasteiger partial charge in [-0.25, -0.2) is 4.79 Å². The summed E-state index contributed by atoms with van der Waals surface area (Å²) in [6.07, 6.45) is 4.76. The second-order valence-electron chi connectivity index (χ2n) is 7.25. The largest absolute Gasteiger partial charge is 0.444 e. The van der Waals surface area contributed by atoms with Gasteiger partial charge in [0.2, 0.25) is 0 Å². The van der Waals surface area contributed by atoms with Crippen LogP contribution in [0.1, 0.15) is 51.8 Å². The zero-order valence-corrected chi connectivity index (χ0v) is 15.1. The van der Waals surface area contributed by atoms with E-state index >= 15 is 0 Å². The summed E-state index contributed by atoms with van der Waals surface area (Å²) < 4.78 is 7.31. The van der Waals surface area contributed by atoms with Crippen LogP contribution in [0.5, 0.6) is 0 Å². The number of amides is 1. The highest BCUT2D eigenvalue weighted by molar-refractivity contribution is 5.68. The van der Waals surface area contributed by atoms with Crippen molar-refractivity contribution in [3.8, 4) is 0 Å². The van der Waals surface area contributed by atoms with Gasteiger partial charge in [-0.2, -0.15) is 5.10 Å². The van der Waals surface area contributed by atoms with Crippen LogP contribution < -0.4 is 5.32 Å². The zero-order chi connectivity index (χ0) is 17.0. The van der Waals surface area contributed by atoms with Gasteiger partial charge < -0.3 is 15.0 Å². The lowest BCUT2D eigenvalue weighted by Crippen LogP contribution is -2.46. The first kappa shape index (κ1) is 17.8. The van der Waals surface area contributed by atoms with Gasteiger partial charge >= 0.3 is 6.09 Å². The van der Waals surface area contributed by atoms with E-state index in [1.54, 1.807) is 0 Å². The number of piperidine rings is 1. The number of aryl methyl sites for hydroxylation is 2. The third-order valence-corrected chi connectivity index (χ3v) is 4.05. The Morgan fingerprint density at radius 1 is 1.39 bits per heavy atom. The Bertz CT molecular complexity index is 525. The SMILES string of the molecule is CCc1nn(C)cc1CNC1CCN(C(=O)OC(C)(C)C)CC1. The van der Waals surface area contributed by atoms with Gasteiger partial charge in [-0.05, 0) is 40.0 Å². The number of carbonyl (C=O) groups is 1. The van der Waals surface area contributed by atoms with Gasteiger partial charge in [0.1, 0.15) is 5.60 Å². The molecule has 0 unspecified atom stereocenters. The van der Waals surface area contributed by atoms with Crippen molar-refractivity contribution in [2.24, 2.45) is 7.05 Å². The monoisotopic (exact) mass is 322 g/mol. The van der Waals surface area contributed by atoms with Crippen LogP contribution in [0.15, 0.2) is 6.20 Å². The highest BCUT2D eigenvalue weighted by Gasteiger charge is 2.26. The highest BCUT2D eigenvalue weighted by Crippen LogP contribution is 2.16. The third-order valence-electron chi connectivity index (χ3n) is 4.05. The molecule has 1 N–H and O–H groups in total. The van der Waals surface area contributed by atoms with E-state index in [0.717, 1.165) is 44.6 Å². The Balaban J connectivity index is 1.77. The molecule has 130 valence electrons. The lowest BCUT2D eigenvalue weighted by molar-refractivity contribution is 0.0198. The molecule has 1 aliphatic rings. The van der Waals surface area contributed by atoms with Crippen LogP contribution >= 0.6 is 0 Å². The van der Waals surface area contributed by atoms with Crippen molar-refractivity contribution >= 4 is 6.09 Å². The second kappa shape index (κ2) is 7.34. The minimum atomic E-state index is -0.428. The molecule has 0 radical (unpaired) electrons. The first-order chi connectivity index (χ1) is 10.8. The summed E-state index contributed by atoms with van der Waals surface area (Å²) in [5.41, 5.74) is 2.00. The van der Waals surface area contributed by atoms with E-state index in [9.17, 15) is 4.79 Å². The summed E-state index contributed by atoms with van der Waals surface area (Å²) in [5, 5.41) is 8.07. The molecule has 0 atom stereocenters. The van der Waals surface area contributed by atoms with E-state index in [-0.39, 0.29) is 6.09 Å². The summed E-state index contributed by atoms with van der Waals surface area (Å²) in [6.45, 7) is 10.2. The number of hydrogen-bond acceptors (Lipinski definition) is 4. The maximum absolute atomic E-state index is 12.1. The summed E-state index contributed by atoms with van der Waals surface area (Å²) in [5.74, 6) is 0. The predicted octanol–water partition coefficient (Wildman–Crippen LogP) is 2.47. The van der Waals surface area contributed by atoms with E-state index in [1.165, 1.54) is 5.56 Å². The van der Waals surface area contributed by atoms with Crippen molar-refractivity contribution < 1.29 is 9.53 Å². The molecule has 1 aromatic rings. The van der Waals surface area contributed by atoms with Gasteiger partial charge in [-0.3, -0.25) is 4.68 Å². The standard InChI is InChI=1S/C17H30N4O2/c1-6-15-13(12-20(5)19-15)11-18-14-7-9-21(10-8-14)16(22)23-17(2,3)4/h12,14,18H,6-11H2,1-5H3. The van der Waals surface area contributed by atoms with Gasteiger partial charge in [-0.1, -0.05) is 6.92 Å². The van der Waals surface area contributed by atoms with Gasteiger partial charge in [0, 0.05) is 44.5 Å². The molecule has 0 aliphatic carbocycles. The molecular formula is C17H30N4O2. The van der Waals surface area contributed by atoms with Crippen LogP contribution in [0.2, 0.25) is 0 Å². The van der Waals surface area contributed by atoms with E-state index in [2.05, 4.69) is 23.5 Å². The maximum Gasteiger partial charge on any atom is 0.410 e. The van der Waals surface area contributed by atoms with Gasteiger partial charge in [0.25, 0.3) is 0 Å². The fraction of sp³-hybridized carbons (Fsp3) is 0.765. The molecule has 0 aromatic carbocycles. The average molecular weight is 322 g/mol. The number of aromatic nitrogens is 2. The number of carbonyl (C=O) groups excluding carboxylic acids is 1. The lowest BCUT2D eigenvalue weighted by atomic mass is 10.0. The van der Waals surface area contributed by atoms with Crippen molar-refractivity contribution in [1.82, 2.24) is 20.0 Å². The minimum absolute atomic E-state index is 0.198. The molecule has 6 nitrogen and oxygen atoms in total. The Morgan fingerprint density at radius 2 is 2.04 bits per heavy atom. The topological polar surface area (TPSA) is 59.4 Å². The first-order valence-corrected chi connectivity index (χ1v) is 8.51. The van der Waals surface area contributed by atoms with Crippen molar-refractivity contribution in [2.75, 3.05) is 13.1 Å². The van der Waals surface area contributed by atoms with Crippen molar-refractivity contribution in [3.05, 3.63) is 17.5 Å². The van der Waals surface area contributed by atoms with Gasteiger partial charge in [-0.15, -0.1) is 0 Å². The molecule has 1 fully saturated rings. The van der Waals surface area contributed by atoms with E-state index < -0.39 is 5.60 Å². The molecule has 23 heavy (non-hydrogen) atoms. The van der Waals surface area contributed by atoms with E-state index in [0.29, 0.717) is 6.04 Å². The fourth-order valence-electron chi connectivity index (χ4n) is 2.88.